The number of carbonyl (C=O) groups is 2. The van der Waals surface area contributed by atoms with Crippen molar-refractivity contribution >= 4 is 69.3 Å². The maximum absolute atomic E-state index is 12.9. The van der Waals surface area contributed by atoms with Gasteiger partial charge in [0.1, 0.15) is 4.88 Å². The summed E-state index contributed by atoms with van der Waals surface area (Å²) in [7, 11) is 0. The van der Waals surface area contributed by atoms with Crippen LogP contribution in [0.4, 0.5) is 11.4 Å². The van der Waals surface area contributed by atoms with Gasteiger partial charge in [-0.3, -0.25) is 9.59 Å². The summed E-state index contributed by atoms with van der Waals surface area (Å²) in [5, 5.41) is 12.1. The van der Waals surface area contributed by atoms with Gasteiger partial charge in [0.25, 0.3) is 11.8 Å². The lowest BCUT2D eigenvalue weighted by Gasteiger charge is -2.12. The van der Waals surface area contributed by atoms with Gasteiger partial charge in [-0.05, 0) is 65.9 Å². The number of thiophene rings is 1. The lowest BCUT2D eigenvalue weighted by atomic mass is 10.1. The van der Waals surface area contributed by atoms with E-state index in [1.807, 2.05) is 5.38 Å². The number of anilines is 2. The Bertz CT molecular complexity index is 1110. The van der Waals surface area contributed by atoms with Crippen LogP contribution in [0.15, 0.2) is 47.8 Å². The van der Waals surface area contributed by atoms with E-state index in [-0.39, 0.29) is 5.56 Å². The molecule has 0 bridgehead atoms. The van der Waals surface area contributed by atoms with Crippen LogP contribution in [0.1, 0.15) is 39.4 Å². The van der Waals surface area contributed by atoms with Gasteiger partial charge in [0, 0.05) is 22.3 Å². The maximum atomic E-state index is 12.9. The maximum Gasteiger partial charge on any atom is 0.267 e. The first-order chi connectivity index (χ1) is 15.2. The quantitative estimate of drug-likeness (QED) is 0.307. The van der Waals surface area contributed by atoms with Gasteiger partial charge in [-0.15, -0.1) is 11.3 Å². The molecule has 3 N–H and O–H groups in total. The summed E-state index contributed by atoms with van der Waals surface area (Å²) in [4.78, 5) is 26.1. The molecule has 2 aromatic carbocycles. The lowest BCUT2D eigenvalue weighted by Crippen LogP contribution is -2.19. The van der Waals surface area contributed by atoms with E-state index >= 15 is 0 Å². The van der Waals surface area contributed by atoms with E-state index in [0.29, 0.717) is 43.8 Å². The first-order valence-corrected chi connectivity index (χ1v) is 11.9. The van der Waals surface area contributed by atoms with Crippen molar-refractivity contribution in [1.29, 1.82) is 0 Å². The van der Waals surface area contributed by atoms with Gasteiger partial charge in [0.2, 0.25) is 0 Å². The van der Waals surface area contributed by atoms with Crippen LogP contribution in [0.25, 0.3) is 0 Å². The van der Waals surface area contributed by atoms with Gasteiger partial charge in [0.15, 0.2) is 0 Å². The number of carbonyl (C=O) groups excluding carboxylic acids is 2. The van der Waals surface area contributed by atoms with E-state index in [4.69, 9.17) is 34.8 Å². The van der Waals surface area contributed by atoms with E-state index < -0.39 is 11.8 Å². The van der Waals surface area contributed by atoms with E-state index in [1.165, 1.54) is 17.4 Å². The zero-order valence-corrected chi connectivity index (χ0v) is 20.6. The molecular formula is C23H22Cl3N3O2S. The van der Waals surface area contributed by atoms with Crippen LogP contribution in [0.2, 0.25) is 15.1 Å². The van der Waals surface area contributed by atoms with Crippen molar-refractivity contribution in [3.8, 4) is 0 Å². The van der Waals surface area contributed by atoms with Crippen molar-refractivity contribution < 1.29 is 9.59 Å². The van der Waals surface area contributed by atoms with Gasteiger partial charge in [-0.25, -0.2) is 0 Å². The molecule has 0 atom stereocenters. The average molecular weight is 511 g/mol. The Hall–Kier alpha value is -2.09. The fourth-order valence-electron chi connectivity index (χ4n) is 2.87. The van der Waals surface area contributed by atoms with Crippen LogP contribution in [-0.2, 0) is 6.54 Å². The number of amides is 2. The number of hydrogen-bond donors (Lipinski definition) is 3. The number of benzene rings is 2. The molecule has 0 saturated heterocycles. The Morgan fingerprint density at radius 2 is 1.62 bits per heavy atom. The summed E-state index contributed by atoms with van der Waals surface area (Å²) in [6, 6.07) is 11.4. The molecule has 3 rings (SSSR count). The minimum absolute atomic E-state index is 0.229. The highest BCUT2D eigenvalue weighted by molar-refractivity contribution is 7.13. The highest BCUT2D eigenvalue weighted by Crippen LogP contribution is 2.30. The number of rotatable bonds is 8. The molecule has 168 valence electrons. The second-order valence-electron chi connectivity index (χ2n) is 7.53. The van der Waals surface area contributed by atoms with Crippen molar-refractivity contribution in [2.24, 2.45) is 5.92 Å². The highest BCUT2D eigenvalue weighted by Gasteiger charge is 2.20. The predicted molar refractivity (Wildman–Crippen MR) is 135 cm³/mol. The van der Waals surface area contributed by atoms with Gasteiger partial charge in [-0.2, -0.15) is 0 Å². The molecule has 1 aromatic heterocycles. The zero-order valence-electron chi connectivity index (χ0n) is 17.5. The lowest BCUT2D eigenvalue weighted by molar-refractivity contribution is 0.102. The Labute approximate surface area is 206 Å². The second-order valence-corrected chi connectivity index (χ2v) is 9.66. The van der Waals surface area contributed by atoms with E-state index in [2.05, 4.69) is 29.8 Å². The minimum Gasteiger partial charge on any atom is -0.322 e. The number of nitrogens with one attached hydrogen (secondary N) is 3. The van der Waals surface area contributed by atoms with Crippen molar-refractivity contribution in [1.82, 2.24) is 5.32 Å². The van der Waals surface area contributed by atoms with Crippen LogP contribution in [0.5, 0.6) is 0 Å². The molecule has 0 unspecified atom stereocenters. The monoisotopic (exact) mass is 509 g/mol. The van der Waals surface area contributed by atoms with Crippen LogP contribution >= 0.6 is 46.1 Å². The third-order valence-electron chi connectivity index (χ3n) is 4.45. The Morgan fingerprint density at radius 3 is 2.31 bits per heavy atom. The second kappa shape index (κ2) is 11.2. The molecule has 3 aromatic rings. The average Bonchev–Trinajstić information content (AvgIpc) is 3.11. The Morgan fingerprint density at radius 1 is 0.938 bits per heavy atom. The molecule has 0 radical (unpaired) electrons. The molecule has 9 heteroatoms. The number of halogens is 3. The summed E-state index contributed by atoms with van der Waals surface area (Å²) in [5.74, 6) is -0.295. The first kappa shape index (κ1) is 24.6. The standard InChI is InChI=1S/C23H22Cl3N3O2S/c1-13(2)10-27-11-14-12-32-21(20(14)26)23(31)29-19-8-5-16(25)9-18(19)22(30)28-17-6-3-15(24)4-7-17/h3-9,12-13,27H,10-11H2,1-2H3,(H,28,30)(H,29,31). The van der Waals surface area contributed by atoms with Gasteiger partial charge in [0.05, 0.1) is 16.3 Å². The zero-order chi connectivity index (χ0) is 23.3. The molecule has 2 amide bonds. The third kappa shape index (κ3) is 6.47. The van der Waals surface area contributed by atoms with Crippen molar-refractivity contribution in [2.75, 3.05) is 17.2 Å². The molecule has 0 spiro atoms. The Kier molecular flexibility index (Phi) is 8.57. The molecule has 0 saturated carbocycles. The predicted octanol–water partition coefficient (Wildman–Crippen LogP) is 6.96. The van der Waals surface area contributed by atoms with Gasteiger partial charge < -0.3 is 16.0 Å². The first-order valence-electron chi connectivity index (χ1n) is 9.89. The van der Waals surface area contributed by atoms with E-state index in [0.717, 1.165) is 12.1 Å². The number of hydrogen-bond acceptors (Lipinski definition) is 4. The summed E-state index contributed by atoms with van der Waals surface area (Å²) < 4.78 is 0. The fraction of sp³-hybridized carbons (Fsp3) is 0.217. The SMILES string of the molecule is CC(C)CNCc1csc(C(=O)Nc2ccc(Cl)cc2C(=O)Nc2ccc(Cl)cc2)c1Cl. The fourth-order valence-corrected chi connectivity index (χ4v) is 4.43. The summed E-state index contributed by atoms with van der Waals surface area (Å²) >= 11 is 19.7. The Balaban J connectivity index is 1.76. The van der Waals surface area contributed by atoms with Crippen molar-refractivity contribution in [3.63, 3.8) is 0 Å². The van der Waals surface area contributed by atoms with E-state index in [1.54, 1.807) is 36.4 Å². The normalized spacial score (nSPS) is 10.9. The molecule has 0 fully saturated rings. The molecule has 1 heterocycles. The molecule has 5 nitrogen and oxygen atoms in total. The van der Waals surface area contributed by atoms with Crippen LogP contribution in [0, 0.1) is 5.92 Å². The summed E-state index contributed by atoms with van der Waals surface area (Å²) in [5.41, 5.74) is 1.98. The smallest absolute Gasteiger partial charge is 0.267 e. The molecule has 0 aliphatic heterocycles. The largest absolute Gasteiger partial charge is 0.322 e. The molecule has 0 aliphatic carbocycles. The van der Waals surface area contributed by atoms with Crippen LogP contribution < -0.4 is 16.0 Å². The topological polar surface area (TPSA) is 70.2 Å². The van der Waals surface area contributed by atoms with Gasteiger partial charge >= 0.3 is 0 Å². The minimum atomic E-state index is -0.416. The highest BCUT2D eigenvalue weighted by atomic mass is 35.5. The molecule has 0 aliphatic rings. The van der Waals surface area contributed by atoms with Gasteiger partial charge in [-0.1, -0.05) is 48.7 Å². The summed E-state index contributed by atoms with van der Waals surface area (Å²) in [6.07, 6.45) is 0. The molecular weight excluding hydrogens is 489 g/mol. The third-order valence-corrected chi connectivity index (χ3v) is 6.51. The van der Waals surface area contributed by atoms with Crippen LogP contribution in [0.3, 0.4) is 0 Å². The van der Waals surface area contributed by atoms with Crippen molar-refractivity contribution in [3.05, 3.63) is 78.9 Å². The summed E-state index contributed by atoms with van der Waals surface area (Å²) in [6.45, 7) is 5.67. The van der Waals surface area contributed by atoms with E-state index in [9.17, 15) is 9.59 Å². The van der Waals surface area contributed by atoms with Crippen molar-refractivity contribution in [2.45, 2.75) is 20.4 Å². The molecule has 32 heavy (non-hydrogen) atoms. The van der Waals surface area contributed by atoms with Crippen LogP contribution in [-0.4, -0.2) is 18.4 Å².